The fraction of sp³-hybridized carbons (Fsp3) is 0.292. The molecule has 2 rings (SSSR count). The first-order valence-electron chi connectivity index (χ1n) is 9.89. The van der Waals surface area contributed by atoms with Crippen molar-refractivity contribution in [3.63, 3.8) is 0 Å². The highest BCUT2D eigenvalue weighted by Gasteiger charge is 2.12. The van der Waals surface area contributed by atoms with E-state index in [2.05, 4.69) is 19.2 Å². The lowest BCUT2D eigenvalue weighted by atomic mass is 9.97. The maximum Gasteiger partial charge on any atom is 0.331 e. The zero-order valence-corrected chi connectivity index (χ0v) is 17.9. The van der Waals surface area contributed by atoms with Crippen molar-refractivity contribution >= 4 is 23.6 Å². The third kappa shape index (κ3) is 7.19. The van der Waals surface area contributed by atoms with Crippen LogP contribution in [0.25, 0.3) is 6.08 Å². The third-order valence-corrected chi connectivity index (χ3v) is 4.62. The summed E-state index contributed by atoms with van der Waals surface area (Å²) in [5, 5.41) is 11.4. The normalized spacial score (nSPS) is 11.4. The van der Waals surface area contributed by atoms with E-state index in [1.54, 1.807) is 18.2 Å². The minimum atomic E-state index is -0.644. The van der Waals surface area contributed by atoms with Crippen LogP contribution in [0.15, 0.2) is 48.5 Å². The number of carbonyl (C=O) groups is 2. The monoisotopic (exact) mass is 422 g/mol. The zero-order chi connectivity index (χ0) is 22.6. The maximum absolute atomic E-state index is 12.2. The van der Waals surface area contributed by atoms with Gasteiger partial charge in [-0.25, -0.2) is 4.79 Å². The molecule has 0 aromatic heterocycles. The quantitative estimate of drug-likeness (QED) is 0.453. The summed E-state index contributed by atoms with van der Waals surface area (Å²) in [5.41, 5.74) is 2.44. The van der Waals surface area contributed by atoms with Crippen LogP contribution in [0.3, 0.4) is 0 Å². The van der Waals surface area contributed by atoms with Gasteiger partial charge in [-0.1, -0.05) is 38.1 Å². The number of carbonyl (C=O) groups excluding carboxylic acids is 2. The van der Waals surface area contributed by atoms with Crippen molar-refractivity contribution in [1.82, 2.24) is 0 Å². The van der Waals surface area contributed by atoms with Crippen molar-refractivity contribution in [3.05, 3.63) is 59.7 Å². The second kappa shape index (κ2) is 12.0. The van der Waals surface area contributed by atoms with E-state index in [1.165, 1.54) is 19.3 Å². The second-order valence-electron chi connectivity index (χ2n) is 6.74. The van der Waals surface area contributed by atoms with E-state index in [0.29, 0.717) is 23.0 Å². The number of rotatable bonds is 10. The molecule has 0 radical (unpaired) electrons. The predicted octanol–water partition coefficient (Wildman–Crippen LogP) is 4.31. The highest BCUT2D eigenvalue weighted by Crippen LogP contribution is 2.28. The number of benzene rings is 2. The van der Waals surface area contributed by atoms with Crippen LogP contribution in [-0.2, 0) is 14.3 Å². The molecule has 7 nitrogen and oxygen atoms in total. The van der Waals surface area contributed by atoms with Crippen molar-refractivity contribution in [1.29, 1.82) is 5.26 Å². The number of nitriles is 1. The van der Waals surface area contributed by atoms with Gasteiger partial charge >= 0.3 is 5.97 Å². The van der Waals surface area contributed by atoms with Crippen molar-refractivity contribution in [2.45, 2.75) is 26.2 Å². The van der Waals surface area contributed by atoms with Crippen LogP contribution in [0.5, 0.6) is 11.5 Å². The van der Waals surface area contributed by atoms with E-state index in [1.807, 2.05) is 30.3 Å². The molecule has 162 valence electrons. The average molecular weight is 422 g/mol. The number of esters is 1. The van der Waals surface area contributed by atoms with Gasteiger partial charge in [0, 0.05) is 11.8 Å². The first-order chi connectivity index (χ1) is 15.0. The number of nitrogens with one attached hydrogen (secondary N) is 1. The fourth-order valence-electron chi connectivity index (χ4n) is 2.81. The molecule has 0 unspecified atom stereocenters. The van der Waals surface area contributed by atoms with Crippen molar-refractivity contribution in [2.75, 3.05) is 25.6 Å². The number of hydrogen-bond donors (Lipinski definition) is 1. The first-order valence-corrected chi connectivity index (χ1v) is 9.89. The summed E-state index contributed by atoms with van der Waals surface area (Å²) >= 11 is 0. The Kier molecular flexibility index (Phi) is 9.12. The molecule has 0 heterocycles. The van der Waals surface area contributed by atoms with Crippen LogP contribution in [0.4, 0.5) is 5.69 Å². The molecule has 0 aliphatic rings. The Labute approximate surface area is 182 Å². The lowest BCUT2D eigenvalue weighted by Crippen LogP contribution is -2.21. The van der Waals surface area contributed by atoms with Gasteiger partial charge in [0.2, 0.25) is 0 Å². The Morgan fingerprint density at radius 2 is 1.97 bits per heavy atom. The minimum absolute atomic E-state index is 0.0955. The Bertz CT molecular complexity index is 978. The molecule has 1 atom stereocenters. The van der Waals surface area contributed by atoms with E-state index in [9.17, 15) is 9.59 Å². The number of para-hydroxylation sites is 1. The highest BCUT2D eigenvalue weighted by molar-refractivity contribution is 5.95. The molecule has 1 amide bonds. The van der Waals surface area contributed by atoms with Gasteiger partial charge < -0.3 is 19.5 Å². The van der Waals surface area contributed by atoms with E-state index >= 15 is 0 Å². The number of anilines is 1. The van der Waals surface area contributed by atoms with Gasteiger partial charge in [0.1, 0.15) is 6.07 Å². The van der Waals surface area contributed by atoms with Crippen LogP contribution in [0.1, 0.15) is 37.3 Å². The smallest absolute Gasteiger partial charge is 0.331 e. The fourth-order valence-corrected chi connectivity index (χ4v) is 2.81. The molecule has 0 spiro atoms. The van der Waals surface area contributed by atoms with Crippen LogP contribution in [-0.4, -0.2) is 32.2 Å². The molecule has 1 N–H and O–H groups in total. The Morgan fingerprint density at radius 1 is 1.19 bits per heavy atom. The Balaban J connectivity index is 1.91. The molecule has 0 aliphatic heterocycles. The predicted molar refractivity (Wildman–Crippen MR) is 118 cm³/mol. The Morgan fingerprint density at radius 3 is 2.68 bits per heavy atom. The van der Waals surface area contributed by atoms with Crippen LogP contribution in [0, 0.1) is 11.3 Å². The minimum Gasteiger partial charge on any atom is -0.493 e. The third-order valence-electron chi connectivity index (χ3n) is 4.62. The summed E-state index contributed by atoms with van der Waals surface area (Å²) in [6.07, 6.45) is 3.71. The molecule has 0 fully saturated rings. The molecule has 2 aromatic carbocycles. The van der Waals surface area contributed by atoms with Gasteiger partial charge in [0.25, 0.3) is 5.91 Å². The zero-order valence-electron chi connectivity index (χ0n) is 17.9. The molecule has 7 heteroatoms. The number of hydrogen-bond acceptors (Lipinski definition) is 6. The van der Waals surface area contributed by atoms with Gasteiger partial charge in [0.05, 0.1) is 7.11 Å². The summed E-state index contributed by atoms with van der Waals surface area (Å²) in [7, 11) is 1.48. The van der Waals surface area contributed by atoms with E-state index < -0.39 is 11.9 Å². The average Bonchev–Trinajstić information content (AvgIpc) is 2.80. The molecule has 0 aliphatic carbocycles. The van der Waals surface area contributed by atoms with E-state index in [4.69, 9.17) is 19.5 Å². The van der Waals surface area contributed by atoms with Gasteiger partial charge in [0.15, 0.2) is 24.7 Å². The molecule has 0 bridgehead atoms. The van der Waals surface area contributed by atoms with Gasteiger partial charge in [-0.3, -0.25) is 4.79 Å². The Hall–Kier alpha value is -3.79. The SMILES string of the molecule is CC[C@@H](C)c1ccccc1NC(=O)COC(=O)/C=C/c1ccc(OCC#N)c(OC)c1. The largest absolute Gasteiger partial charge is 0.493 e. The lowest BCUT2D eigenvalue weighted by molar-refractivity contribution is -0.142. The summed E-state index contributed by atoms with van der Waals surface area (Å²) in [6, 6.07) is 14.5. The first kappa shape index (κ1) is 23.5. The molecular formula is C24H26N2O5. The maximum atomic E-state index is 12.2. The summed E-state index contributed by atoms with van der Waals surface area (Å²) in [4.78, 5) is 24.2. The van der Waals surface area contributed by atoms with Gasteiger partial charge in [-0.2, -0.15) is 5.26 Å². The lowest BCUT2D eigenvalue weighted by Gasteiger charge is -2.15. The van der Waals surface area contributed by atoms with Crippen LogP contribution >= 0.6 is 0 Å². The van der Waals surface area contributed by atoms with Gasteiger partial charge in [-0.05, 0) is 47.7 Å². The number of methoxy groups -OCH3 is 1. The summed E-state index contributed by atoms with van der Waals surface area (Å²) in [5.74, 6) is 0.117. The molecule has 0 saturated heterocycles. The summed E-state index contributed by atoms with van der Waals surface area (Å²) < 4.78 is 15.5. The van der Waals surface area contributed by atoms with Gasteiger partial charge in [-0.15, -0.1) is 0 Å². The number of amides is 1. The van der Waals surface area contributed by atoms with Crippen LogP contribution < -0.4 is 14.8 Å². The standard InChI is InChI=1S/C24H26N2O5/c1-4-17(2)19-7-5-6-8-20(19)26-23(27)16-31-24(28)12-10-18-9-11-21(30-14-13-25)22(15-18)29-3/h5-12,15,17H,4,14,16H2,1-3H3,(H,26,27)/b12-10+/t17-/m1/s1. The highest BCUT2D eigenvalue weighted by atomic mass is 16.5. The van der Waals surface area contributed by atoms with E-state index in [-0.39, 0.29) is 13.2 Å². The molecule has 2 aromatic rings. The second-order valence-corrected chi connectivity index (χ2v) is 6.74. The molecular weight excluding hydrogens is 396 g/mol. The van der Waals surface area contributed by atoms with Crippen LogP contribution in [0.2, 0.25) is 0 Å². The van der Waals surface area contributed by atoms with Crippen molar-refractivity contribution in [2.24, 2.45) is 0 Å². The number of nitrogens with zero attached hydrogens (tertiary/aromatic N) is 1. The topological polar surface area (TPSA) is 97.6 Å². The van der Waals surface area contributed by atoms with Crippen molar-refractivity contribution < 1.29 is 23.8 Å². The number of ether oxygens (including phenoxy) is 3. The van der Waals surface area contributed by atoms with Crippen molar-refractivity contribution in [3.8, 4) is 17.6 Å². The van der Waals surface area contributed by atoms with E-state index in [0.717, 1.165) is 17.7 Å². The summed E-state index contributed by atoms with van der Waals surface area (Å²) in [6.45, 7) is 3.69. The molecule has 0 saturated carbocycles. The molecule has 31 heavy (non-hydrogen) atoms.